The molecule has 1 saturated carbocycles. The summed E-state index contributed by atoms with van der Waals surface area (Å²) in [6, 6.07) is 10.7. The van der Waals surface area contributed by atoms with Crippen molar-refractivity contribution in [1.29, 1.82) is 5.26 Å². The summed E-state index contributed by atoms with van der Waals surface area (Å²) in [5.74, 6) is -3.52. The van der Waals surface area contributed by atoms with Crippen molar-refractivity contribution in [2.45, 2.75) is 43.7 Å². The van der Waals surface area contributed by atoms with Crippen molar-refractivity contribution >= 4 is 41.3 Å². The van der Waals surface area contributed by atoms with Gasteiger partial charge in [0.15, 0.2) is 0 Å². The van der Waals surface area contributed by atoms with Gasteiger partial charge in [-0.1, -0.05) is 29.8 Å². The Morgan fingerprint density at radius 3 is 2.61 bits per heavy atom. The van der Waals surface area contributed by atoms with Crippen molar-refractivity contribution in [2.75, 3.05) is 16.3 Å². The number of anilines is 2. The second-order valence-corrected chi connectivity index (χ2v) is 9.84. The van der Waals surface area contributed by atoms with Crippen LogP contribution in [-0.2, 0) is 14.4 Å². The Morgan fingerprint density at radius 2 is 2.00 bits per heavy atom. The number of hydrogen-bond acceptors (Lipinski definition) is 6. The summed E-state index contributed by atoms with van der Waals surface area (Å²) >= 11 is 6.18. The number of halogens is 4. The summed E-state index contributed by atoms with van der Waals surface area (Å²) in [6.45, 7) is 0.709. The Balaban J connectivity index is 0.000000231. The van der Waals surface area contributed by atoms with Gasteiger partial charge in [-0.3, -0.25) is 29.2 Å². The fourth-order valence-electron chi connectivity index (χ4n) is 4.50. The Morgan fingerprint density at radius 1 is 1.24 bits per heavy atom. The van der Waals surface area contributed by atoms with Gasteiger partial charge in [0.1, 0.15) is 17.7 Å². The third-order valence-corrected chi connectivity index (χ3v) is 6.83. The van der Waals surface area contributed by atoms with E-state index in [4.69, 9.17) is 16.9 Å². The normalized spacial score (nSPS) is 16.5. The number of benzene rings is 1. The van der Waals surface area contributed by atoms with Gasteiger partial charge in [0.25, 0.3) is 5.92 Å². The molecule has 1 aromatic carbocycles. The van der Waals surface area contributed by atoms with Gasteiger partial charge in [0.05, 0.1) is 29.7 Å². The van der Waals surface area contributed by atoms with Crippen molar-refractivity contribution in [3.63, 3.8) is 0 Å². The van der Waals surface area contributed by atoms with Crippen molar-refractivity contribution < 1.29 is 27.6 Å². The van der Waals surface area contributed by atoms with E-state index >= 15 is 0 Å². The summed E-state index contributed by atoms with van der Waals surface area (Å²) in [5.41, 5.74) is 0.845. The highest BCUT2D eigenvalue weighted by molar-refractivity contribution is 6.31. The third-order valence-electron chi connectivity index (χ3n) is 6.49. The van der Waals surface area contributed by atoms with E-state index in [-0.39, 0.29) is 22.2 Å². The molecule has 212 valence electrons. The van der Waals surface area contributed by atoms with Crippen molar-refractivity contribution in [2.24, 2.45) is 0 Å². The zero-order valence-electron chi connectivity index (χ0n) is 21.5. The number of rotatable bonds is 7. The van der Waals surface area contributed by atoms with Crippen LogP contribution in [0.5, 0.6) is 0 Å². The molecule has 3 heterocycles. The van der Waals surface area contributed by atoms with Crippen molar-refractivity contribution in [1.82, 2.24) is 15.3 Å². The van der Waals surface area contributed by atoms with Crippen LogP contribution in [0.25, 0.3) is 0 Å². The number of pyridine rings is 2. The number of nitrogens with one attached hydrogen (secondary N) is 1. The van der Waals surface area contributed by atoms with Crippen LogP contribution < -0.4 is 15.1 Å². The lowest BCUT2D eigenvalue weighted by Crippen LogP contribution is -2.53. The van der Waals surface area contributed by atoms with Crippen molar-refractivity contribution in [3.8, 4) is 6.07 Å². The van der Waals surface area contributed by atoms with Crippen LogP contribution in [0.15, 0.2) is 61.1 Å². The maximum atomic E-state index is 13.6. The van der Waals surface area contributed by atoms with Crippen LogP contribution in [0, 0.1) is 17.1 Å². The molecule has 1 saturated heterocycles. The highest BCUT2D eigenvalue weighted by Crippen LogP contribution is 2.38. The minimum Gasteiger partial charge on any atom is -0.351 e. The molecular weight excluding hydrogens is 561 g/mol. The molecular formula is C28H24ClF3N6O3. The summed E-state index contributed by atoms with van der Waals surface area (Å²) in [5, 5.41) is 11.4. The lowest BCUT2D eigenvalue weighted by atomic mass is 9.88. The molecule has 0 radical (unpaired) electrons. The second kappa shape index (κ2) is 12.8. The number of aromatic nitrogens is 2. The van der Waals surface area contributed by atoms with Gasteiger partial charge >= 0.3 is 0 Å². The van der Waals surface area contributed by atoms with Crippen LogP contribution in [0.3, 0.4) is 0 Å². The van der Waals surface area contributed by atoms with E-state index in [0.717, 1.165) is 23.6 Å². The summed E-state index contributed by atoms with van der Waals surface area (Å²) in [7, 11) is 0. The average molecular weight is 585 g/mol. The molecule has 1 aliphatic heterocycles. The topological polar surface area (TPSA) is 119 Å². The van der Waals surface area contributed by atoms with Gasteiger partial charge in [0.2, 0.25) is 18.2 Å². The molecule has 9 nitrogen and oxygen atoms in total. The van der Waals surface area contributed by atoms with Gasteiger partial charge in [-0.2, -0.15) is 5.26 Å². The molecule has 13 heteroatoms. The Kier molecular flexibility index (Phi) is 9.19. The first kappa shape index (κ1) is 29.5. The minimum atomic E-state index is -2.81. The summed E-state index contributed by atoms with van der Waals surface area (Å²) < 4.78 is 39.7. The number of carbonyl (C=O) groups is 3. The number of nitrogens with zero attached hydrogens (tertiary/aromatic N) is 5. The number of nitriles is 1. The van der Waals surface area contributed by atoms with Crippen LogP contribution >= 0.6 is 11.6 Å². The van der Waals surface area contributed by atoms with Gasteiger partial charge in [-0.05, 0) is 24.6 Å². The predicted molar refractivity (Wildman–Crippen MR) is 144 cm³/mol. The molecule has 2 aromatic heterocycles. The van der Waals surface area contributed by atoms with Gasteiger partial charge in [-0.25, -0.2) is 18.2 Å². The molecule has 1 N–H and O–H groups in total. The van der Waals surface area contributed by atoms with Crippen molar-refractivity contribution in [3.05, 3.63) is 83.0 Å². The molecule has 1 atom stereocenters. The lowest BCUT2D eigenvalue weighted by molar-refractivity contribution is -0.131. The largest absolute Gasteiger partial charge is 0.351 e. The van der Waals surface area contributed by atoms with Gasteiger partial charge in [0, 0.05) is 54.7 Å². The SMILES string of the molecule is N#Cc1ccnc(N2CCCC2=O)c1.O=CN(c1cncc(F)c1)C(C(=O)NC1CC(F)(F)C1)c1ccccc1Cl. The average Bonchev–Trinajstić information content (AvgIpc) is 3.37. The Bertz CT molecular complexity index is 1480. The van der Waals surface area contributed by atoms with Crippen LogP contribution in [0.1, 0.15) is 42.9 Å². The first-order valence-corrected chi connectivity index (χ1v) is 12.9. The summed E-state index contributed by atoms with van der Waals surface area (Å²) in [6.07, 6.45) is 4.57. The molecule has 2 aliphatic rings. The van der Waals surface area contributed by atoms with E-state index in [1.165, 1.54) is 18.3 Å². The van der Waals surface area contributed by atoms with Gasteiger partial charge < -0.3 is 5.32 Å². The highest BCUT2D eigenvalue weighted by Gasteiger charge is 2.47. The quantitative estimate of drug-likeness (QED) is 0.406. The van der Waals surface area contributed by atoms with E-state index in [0.29, 0.717) is 30.8 Å². The Hall–Kier alpha value is -4.50. The summed E-state index contributed by atoms with van der Waals surface area (Å²) in [4.78, 5) is 46.3. The molecule has 41 heavy (non-hydrogen) atoms. The molecule has 0 bridgehead atoms. The van der Waals surface area contributed by atoms with Gasteiger partial charge in [-0.15, -0.1) is 0 Å². The van der Waals surface area contributed by atoms with E-state index in [1.807, 2.05) is 6.07 Å². The number of hydrogen-bond donors (Lipinski definition) is 1. The molecule has 1 aliphatic carbocycles. The molecule has 5 rings (SSSR count). The standard InChI is InChI=1S/C18H15ClF3N3O2.C10H9N3O/c19-15-4-2-1-3-14(15)16(17(27)24-12-6-18(21,22)7-12)25(10-26)13-5-11(20)8-23-9-13;11-7-8-3-4-12-9(6-8)13-5-1-2-10(13)14/h1-5,8-10,12,16H,6-7H2,(H,24,27);3-4,6H,1-2,5H2. The van der Waals surface area contributed by atoms with E-state index in [9.17, 15) is 27.6 Å². The number of carbonyl (C=O) groups excluding carboxylic acids is 3. The first-order chi connectivity index (χ1) is 19.6. The smallest absolute Gasteiger partial charge is 0.252 e. The fourth-order valence-corrected chi connectivity index (χ4v) is 4.74. The van der Waals surface area contributed by atoms with E-state index < -0.39 is 42.6 Å². The molecule has 3 aromatic rings. The maximum absolute atomic E-state index is 13.6. The Labute approximate surface area is 238 Å². The third kappa shape index (κ3) is 7.18. The van der Waals surface area contributed by atoms with E-state index in [2.05, 4.69) is 15.3 Å². The van der Waals surface area contributed by atoms with Crippen LogP contribution in [-0.4, -0.2) is 46.7 Å². The maximum Gasteiger partial charge on any atom is 0.252 e. The predicted octanol–water partition coefficient (Wildman–Crippen LogP) is 4.57. The number of alkyl halides is 2. The fraction of sp³-hybridized carbons (Fsp3) is 0.286. The van der Waals surface area contributed by atoms with E-state index in [1.54, 1.807) is 35.4 Å². The van der Waals surface area contributed by atoms with Crippen LogP contribution in [0.4, 0.5) is 24.7 Å². The molecule has 2 fully saturated rings. The monoisotopic (exact) mass is 584 g/mol. The molecule has 3 amide bonds. The zero-order valence-corrected chi connectivity index (χ0v) is 22.3. The number of amides is 3. The second-order valence-electron chi connectivity index (χ2n) is 9.43. The first-order valence-electron chi connectivity index (χ1n) is 12.5. The molecule has 1 unspecified atom stereocenters. The lowest BCUT2D eigenvalue weighted by Gasteiger charge is -2.37. The minimum absolute atomic E-state index is 0.0315. The van der Waals surface area contributed by atoms with Crippen LogP contribution in [0.2, 0.25) is 5.02 Å². The highest BCUT2D eigenvalue weighted by atomic mass is 35.5. The molecule has 0 spiro atoms. The zero-order chi connectivity index (χ0) is 29.6.